The predicted molar refractivity (Wildman–Crippen MR) is 89.4 cm³/mol. The van der Waals surface area contributed by atoms with E-state index >= 15 is 0 Å². The quantitative estimate of drug-likeness (QED) is 0.591. The van der Waals surface area contributed by atoms with Crippen LogP contribution in [-0.2, 0) is 5.88 Å². The molecule has 1 aliphatic rings. The van der Waals surface area contributed by atoms with Crippen molar-refractivity contribution < 1.29 is 0 Å². The Morgan fingerprint density at radius 1 is 1.10 bits per heavy atom. The van der Waals surface area contributed by atoms with Gasteiger partial charge in [-0.3, -0.25) is 0 Å². The molecular weight excluding hydrogens is 350 g/mol. The van der Waals surface area contributed by atoms with Gasteiger partial charge in [-0.05, 0) is 31.0 Å². The van der Waals surface area contributed by atoms with Gasteiger partial charge in [0.05, 0.1) is 27.3 Å². The highest BCUT2D eigenvalue weighted by Gasteiger charge is 2.26. The molecule has 0 spiro atoms. The van der Waals surface area contributed by atoms with Gasteiger partial charge in [0.25, 0.3) is 0 Å². The summed E-state index contributed by atoms with van der Waals surface area (Å²) in [5.41, 5.74) is 2.75. The molecular formula is C15H14Cl4N2. The Morgan fingerprint density at radius 3 is 2.43 bits per heavy atom. The van der Waals surface area contributed by atoms with Crippen LogP contribution >= 0.6 is 46.4 Å². The van der Waals surface area contributed by atoms with E-state index in [2.05, 4.69) is 0 Å². The molecule has 0 unspecified atom stereocenters. The van der Waals surface area contributed by atoms with Crippen molar-refractivity contribution in [3.63, 3.8) is 0 Å². The minimum absolute atomic E-state index is 0.367. The molecule has 0 amide bonds. The van der Waals surface area contributed by atoms with E-state index in [4.69, 9.17) is 51.5 Å². The van der Waals surface area contributed by atoms with Crippen LogP contribution < -0.4 is 0 Å². The van der Waals surface area contributed by atoms with Crippen molar-refractivity contribution in [2.45, 2.75) is 37.5 Å². The number of alkyl halides is 1. The van der Waals surface area contributed by atoms with E-state index in [0.29, 0.717) is 27.0 Å². The Labute approximate surface area is 143 Å². The summed E-state index contributed by atoms with van der Waals surface area (Å²) in [5, 5.41) is 6.26. The monoisotopic (exact) mass is 362 g/mol. The number of halogens is 4. The maximum atomic E-state index is 6.47. The molecule has 3 rings (SSSR count). The molecule has 1 aliphatic carbocycles. The second-order valence-electron chi connectivity index (χ2n) is 5.28. The van der Waals surface area contributed by atoms with Gasteiger partial charge in [-0.2, -0.15) is 5.10 Å². The fourth-order valence-electron chi connectivity index (χ4n) is 2.88. The van der Waals surface area contributed by atoms with Crippen LogP contribution in [0, 0.1) is 0 Å². The molecule has 21 heavy (non-hydrogen) atoms. The Bertz CT molecular complexity index is 660. The fraction of sp³-hybridized carbons (Fsp3) is 0.400. The molecule has 2 aromatic rings. The van der Waals surface area contributed by atoms with Crippen molar-refractivity contribution in [2.75, 3.05) is 0 Å². The number of hydrogen-bond donors (Lipinski definition) is 0. The van der Waals surface area contributed by atoms with Gasteiger partial charge in [-0.25, -0.2) is 4.68 Å². The summed E-state index contributed by atoms with van der Waals surface area (Å²) in [4.78, 5) is 0. The van der Waals surface area contributed by atoms with E-state index in [1.807, 2.05) is 6.07 Å². The second kappa shape index (κ2) is 6.37. The third kappa shape index (κ3) is 2.92. The van der Waals surface area contributed by atoms with Crippen LogP contribution in [0.1, 0.15) is 42.9 Å². The summed E-state index contributed by atoms with van der Waals surface area (Å²) in [5.74, 6) is 0.826. The summed E-state index contributed by atoms with van der Waals surface area (Å²) in [7, 11) is 0. The van der Waals surface area contributed by atoms with Crippen molar-refractivity contribution in [3.8, 4) is 5.69 Å². The molecule has 6 heteroatoms. The number of benzene rings is 1. The van der Waals surface area contributed by atoms with E-state index in [0.717, 1.165) is 29.8 Å². The Balaban J connectivity index is 2.08. The van der Waals surface area contributed by atoms with E-state index in [1.165, 1.54) is 12.8 Å². The highest BCUT2D eigenvalue weighted by molar-refractivity contribution is 6.42. The average molecular weight is 364 g/mol. The van der Waals surface area contributed by atoms with Gasteiger partial charge in [0, 0.05) is 11.5 Å². The van der Waals surface area contributed by atoms with Crippen molar-refractivity contribution in [3.05, 3.63) is 44.7 Å². The highest BCUT2D eigenvalue weighted by Crippen LogP contribution is 2.39. The van der Waals surface area contributed by atoms with Gasteiger partial charge in [-0.1, -0.05) is 47.6 Å². The maximum Gasteiger partial charge on any atom is 0.137 e. The fourth-order valence-corrected chi connectivity index (χ4v) is 3.81. The average Bonchev–Trinajstić information content (AvgIpc) is 3.09. The third-order valence-corrected chi connectivity index (χ3v) is 5.37. The summed E-state index contributed by atoms with van der Waals surface area (Å²) < 4.78 is 1.70. The van der Waals surface area contributed by atoms with Crippen LogP contribution in [0.15, 0.2) is 18.2 Å². The van der Waals surface area contributed by atoms with Gasteiger partial charge in [0.2, 0.25) is 0 Å². The lowest BCUT2D eigenvalue weighted by Gasteiger charge is -2.06. The second-order valence-corrected chi connectivity index (χ2v) is 6.72. The summed E-state index contributed by atoms with van der Waals surface area (Å²) in [6, 6.07) is 5.36. The lowest BCUT2D eigenvalue weighted by Crippen LogP contribution is -2.00. The molecule has 1 saturated carbocycles. The summed E-state index contributed by atoms with van der Waals surface area (Å²) in [6.07, 6.45) is 4.78. The van der Waals surface area contributed by atoms with E-state index in [9.17, 15) is 0 Å². The van der Waals surface area contributed by atoms with Crippen LogP contribution in [0.5, 0.6) is 0 Å². The Morgan fingerprint density at radius 2 is 1.81 bits per heavy atom. The molecule has 0 radical (unpaired) electrons. The van der Waals surface area contributed by atoms with Crippen LogP contribution in [-0.4, -0.2) is 9.78 Å². The van der Waals surface area contributed by atoms with Crippen molar-refractivity contribution in [1.29, 1.82) is 0 Å². The highest BCUT2D eigenvalue weighted by atomic mass is 35.5. The Hall–Kier alpha value is -0.410. The largest absolute Gasteiger partial charge is 0.222 e. The van der Waals surface area contributed by atoms with Gasteiger partial charge >= 0.3 is 0 Å². The van der Waals surface area contributed by atoms with Gasteiger partial charge in [0.1, 0.15) is 5.15 Å². The smallest absolute Gasteiger partial charge is 0.137 e. The predicted octanol–water partition coefficient (Wildman–Crippen LogP) is 6.23. The molecule has 0 N–H and O–H groups in total. The van der Waals surface area contributed by atoms with Crippen LogP contribution in [0.4, 0.5) is 0 Å². The first-order valence-electron chi connectivity index (χ1n) is 6.90. The first-order valence-corrected chi connectivity index (χ1v) is 8.57. The van der Waals surface area contributed by atoms with E-state index in [-0.39, 0.29) is 0 Å². The van der Waals surface area contributed by atoms with Crippen LogP contribution in [0.2, 0.25) is 15.2 Å². The lowest BCUT2D eigenvalue weighted by atomic mass is 10.0. The SMILES string of the molecule is ClCc1c(C2CCCC2)nn(-c2ccc(Cl)c(Cl)c2)c1Cl. The van der Waals surface area contributed by atoms with Crippen molar-refractivity contribution in [2.24, 2.45) is 0 Å². The molecule has 0 saturated heterocycles. The molecule has 0 bridgehead atoms. The third-order valence-electron chi connectivity index (χ3n) is 3.98. The zero-order valence-corrected chi connectivity index (χ0v) is 14.3. The molecule has 1 aromatic carbocycles. The van der Waals surface area contributed by atoms with Crippen LogP contribution in [0.3, 0.4) is 0 Å². The summed E-state index contributed by atoms with van der Waals surface area (Å²) in [6.45, 7) is 0. The van der Waals surface area contributed by atoms with Gasteiger partial charge in [-0.15, -0.1) is 11.6 Å². The lowest BCUT2D eigenvalue weighted by molar-refractivity contribution is 0.675. The van der Waals surface area contributed by atoms with E-state index < -0.39 is 0 Å². The number of aromatic nitrogens is 2. The standard InChI is InChI=1S/C15H14Cl4N2/c16-8-11-14(9-3-1-2-4-9)20-21(15(11)19)10-5-6-12(17)13(18)7-10/h5-7,9H,1-4,8H2. The van der Waals surface area contributed by atoms with Crippen LogP contribution in [0.25, 0.3) is 5.69 Å². The maximum absolute atomic E-state index is 6.47. The topological polar surface area (TPSA) is 17.8 Å². The normalized spacial score (nSPS) is 15.8. The molecule has 1 fully saturated rings. The molecule has 0 atom stereocenters. The Kier molecular flexibility index (Phi) is 4.70. The summed E-state index contributed by atoms with van der Waals surface area (Å²) >= 11 is 24.6. The number of rotatable bonds is 3. The van der Waals surface area contributed by atoms with E-state index in [1.54, 1.807) is 16.8 Å². The minimum Gasteiger partial charge on any atom is -0.222 e. The van der Waals surface area contributed by atoms with Crippen molar-refractivity contribution in [1.82, 2.24) is 9.78 Å². The van der Waals surface area contributed by atoms with Crippen molar-refractivity contribution >= 4 is 46.4 Å². The molecule has 0 aliphatic heterocycles. The number of nitrogens with zero attached hydrogens (tertiary/aromatic N) is 2. The zero-order valence-electron chi connectivity index (χ0n) is 11.3. The molecule has 1 aromatic heterocycles. The zero-order chi connectivity index (χ0) is 15.0. The van der Waals surface area contributed by atoms with Gasteiger partial charge in [0.15, 0.2) is 0 Å². The van der Waals surface area contributed by atoms with Gasteiger partial charge < -0.3 is 0 Å². The first-order chi connectivity index (χ1) is 10.1. The number of hydrogen-bond acceptors (Lipinski definition) is 1. The molecule has 2 nitrogen and oxygen atoms in total. The first kappa shape index (κ1) is 15.5. The molecule has 112 valence electrons. The molecule has 1 heterocycles. The minimum atomic E-state index is 0.367.